The first-order chi connectivity index (χ1) is 10.6. The van der Waals surface area contributed by atoms with Gasteiger partial charge in [0.1, 0.15) is 21.0 Å². The van der Waals surface area contributed by atoms with E-state index in [4.69, 9.17) is 4.74 Å². The number of rotatable bonds is 5. The predicted molar refractivity (Wildman–Crippen MR) is 75.7 cm³/mol. The van der Waals surface area contributed by atoms with Crippen molar-refractivity contribution in [2.24, 2.45) is 17.8 Å². The van der Waals surface area contributed by atoms with E-state index in [1.54, 1.807) is 0 Å². The van der Waals surface area contributed by atoms with Gasteiger partial charge in [-0.1, -0.05) is 6.92 Å². The van der Waals surface area contributed by atoms with Crippen LogP contribution in [0.5, 0.6) is 0 Å². The molecule has 0 spiro atoms. The van der Waals surface area contributed by atoms with Gasteiger partial charge in [-0.25, -0.2) is 13.2 Å². The fourth-order valence-electron chi connectivity index (χ4n) is 5.19. The van der Waals surface area contributed by atoms with Gasteiger partial charge in [0, 0.05) is 0 Å². The maximum Gasteiger partial charge on any atom is 0.378 e. The zero-order valence-corrected chi connectivity index (χ0v) is 13.8. The molecule has 4 rings (SSSR count). The van der Waals surface area contributed by atoms with E-state index in [9.17, 15) is 26.5 Å². The molecule has 0 N–H and O–H groups in total. The van der Waals surface area contributed by atoms with Crippen LogP contribution in [-0.2, 0) is 19.6 Å². The summed E-state index contributed by atoms with van der Waals surface area (Å²) in [7, 11) is -5.28. The number of ether oxygens (including phenoxy) is 1. The molecule has 4 bridgehead atoms. The molecule has 4 aliphatic rings. The molecule has 5 nitrogen and oxygen atoms in total. The highest BCUT2D eigenvalue weighted by Crippen LogP contribution is 2.57. The van der Waals surface area contributed by atoms with Crippen molar-refractivity contribution in [3.8, 4) is 0 Å². The molecule has 132 valence electrons. The van der Waals surface area contributed by atoms with E-state index in [2.05, 4.69) is 0 Å². The molecule has 4 fully saturated rings. The fourth-order valence-corrected chi connectivity index (χ4v) is 6.06. The van der Waals surface area contributed by atoms with Crippen molar-refractivity contribution in [2.45, 2.75) is 68.6 Å². The zero-order valence-electron chi connectivity index (χ0n) is 13.0. The first-order valence-corrected chi connectivity index (χ1v) is 9.59. The average Bonchev–Trinajstić information content (AvgIpc) is 2.34. The van der Waals surface area contributed by atoms with Crippen LogP contribution in [-0.4, -0.2) is 35.7 Å². The Morgan fingerprint density at radius 1 is 1.22 bits per heavy atom. The quantitative estimate of drug-likeness (QED) is 0.561. The van der Waals surface area contributed by atoms with Crippen molar-refractivity contribution in [1.82, 2.24) is 0 Å². The van der Waals surface area contributed by atoms with Gasteiger partial charge in [-0.15, -0.1) is 0 Å². The summed E-state index contributed by atoms with van der Waals surface area (Å²) in [5.74, 6) is -4.97. The molecule has 0 radical (unpaired) electrons. The van der Waals surface area contributed by atoms with E-state index in [1.165, 1.54) is 0 Å². The Hall–Kier alpha value is -0.760. The SMILES string of the molecule is CCC(C(F)(F)C(=O)OC12CC3CC(CC(C3)C1)C2)S(=O)(=O)[O-]. The standard InChI is InChI=1S/C15H22F2O5S/c1-2-12(23(19,20)21)15(16,17)13(18)22-14-6-9-3-10(7-14)5-11(4-9)8-14/h9-12H,2-8H2,1H3,(H,19,20,21)/p-1. The van der Waals surface area contributed by atoms with Crippen LogP contribution in [0.15, 0.2) is 0 Å². The van der Waals surface area contributed by atoms with Crippen molar-refractivity contribution >= 4 is 16.1 Å². The Morgan fingerprint density at radius 3 is 2.00 bits per heavy atom. The molecule has 23 heavy (non-hydrogen) atoms. The smallest absolute Gasteiger partial charge is 0.378 e. The molecule has 0 aliphatic heterocycles. The third-order valence-electron chi connectivity index (χ3n) is 5.69. The van der Waals surface area contributed by atoms with Crippen molar-refractivity contribution in [3.63, 3.8) is 0 Å². The molecular weight excluding hydrogens is 330 g/mol. The number of esters is 1. The third-order valence-corrected chi connectivity index (χ3v) is 7.01. The lowest BCUT2D eigenvalue weighted by Crippen LogP contribution is -2.56. The van der Waals surface area contributed by atoms with Crippen LogP contribution in [0.1, 0.15) is 51.9 Å². The zero-order chi connectivity index (χ0) is 17.0. The number of hydrogen-bond donors (Lipinski definition) is 0. The van der Waals surface area contributed by atoms with Gasteiger partial charge in [0.15, 0.2) is 0 Å². The highest BCUT2D eigenvalue weighted by molar-refractivity contribution is 7.86. The Morgan fingerprint density at radius 2 is 1.65 bits per heavy atom. The summed E-state index contributed by atoms with van der Waals surface area (Å²) in [5.41, 5.74) is -0.889. The molecule has 0 amide bonds. The van der Waals surface area contributed by atoms with E-state index in [1.807, 2.05) is 0 Å². The highest BCUT2D eigenvalue weighted by atomic mass is 32.2. The van der Waals surface area contributed by atoms with Crippen LogP contribution in [0.25, 0.3) is 0 Å². The monoisotopic (exact) mass is 351 g/mol. The molecule has 1 atom stereocenters. The molecule has 0 aromatic heterocycles. The number of alkyl halides is 2. The summed E-state index contributed by atoms with van der Waals surface area (Å²) in [6, 6.07) is 0. The largest absolute Gasteiger partial charge is 0.748 e. The Labute approximate surface area is 134 Å². The topological polar surface area (TPSA) is 83.5 Å². The van der Waals surface area contributed by atoms with Gasteiger partial charge in [0.05, 0.1) is 0 Å². The fraction of sp³-hybridized carbons (Fsp3) is 0.933. The molecule has 0 aromatic carbocycles. The molecule has 8 heteroatoms. The summed E-state index contributed by atoms with van der Waals surface area (Å²) in [6.07, 6.45) is 4.25. The summed E-state index contributed by atoms with van der Waals surface area (Å²) in [5, 5.41) is -2.57. The van der Waals surface area contributed by atoms with Gasteiger partial charge in [-0.2, -0.15) is 8.78 Å². The van der Waals surface area contributed by atoms with Crippen LogP contribution in [0, 0.1) is 17.8 Å². The van der Waals surface area contributed by atoms with Gasteiger partial charge < -0.3 is 9.29 Å². The summed E-state index contributed by atoms with van der Waals surface area (Å²) in [6.45, 7) is 1.14. The minimum atomic E-state index is -5.28. The summed E-state index contributed by atoms with van der Waals surface area (Å²) < 4.78 is 66.7. The minimum absolute atomic E-state index is 0.396. The normalized spacial score (nSPS) is 37.7. The van der Waals surface area contributed by atoms with Crippen molar-refractivity contribution < 1.29 is 31.3 Å². The van der Waals surface area contributed by atoms with Gasteiger partial charge in [-0.3, -0.25) is 0 Å². The van der Waals surface area contributed by atoms with Crippen LogP contribution >= 0.6 is 0 Å². The van der Waals surface area contributed by atoms with E-state index in [-0.39, 0.29) is 0 Å². The second kappa shape index (κ2) is 5.37. The van der Waals surface area contributed by atoms with E-state index < -0.39 is 39.3 Å². The number of hydrogen-bond acceptors (Lipinski definition) is 5. The number of halogens is 2. The van der Waals surface area contributed by atoms with E-state index in [0.29, 0.717) is 37.0 Å². The Kier molecular flexibility index (Phi) is 3.99. The highest BCUT2D eigenvalue weighted by Gasteiger charge is 2.58. The van der Waals surface area contributed by atoms with Crippen molar-refractivity contribution in [3.05, 3.63) is 0 Å². The van der Waals surface area contributed by atoms with Gasteiger partial charge in [0.25, 0.3) is 0 Å². The molecule has 1 unspecified atom stereocenters. The molecule has 4 aliphatic carbocycles. The number of carbonyl (C=O) groups excluding carboxylic acids is 1. The van der Waals surface area contributed by atoms with Gasteiger partial charge in [-0.05, 0) is 62.7 Å². The Bertz CT molecular complexity index is 566. The van der Waals surface area contributed by atoms with Crippen LogP contribution in [0.4, 0.5) is 8.78 Å². The third kappa shape index (κ3) is 2.99. The predicted octanol–water partition coefficient (Wildman–Crippen LogP) is 2.46. The second-order valence-corrected chi connectivity index (χ2v) is 9.06. The summed E-state index contributed by atoms with van der Waals surface area (Å²) >= 11 is 0. The molecular formula is C15H21F2O5S-. The maximum atomic E-state index is 14.2. The molecule has 0 aromatic rings. The first kappa shape index (κ1) is 17.1. The van der Waals surface area contributed by atoms with E-state index in [0.717, 1.165) is 26.2 Å². The molecule has 0 saturated heterocycles. The first-order valence-electron chi connectivity index (χ1n) is 8.11. The minimum Gasteiger partial charge on any atom is -0.748 e. The molecule has 0 heterocycles. The number of carbonyl (C=O) groups is 1. The van der Waals surface area contributed by atoms with E-state index >= 15 is 0 Å². The summed E-state index contributed by atoms with van der Waals surface area (Å²) in [4.78, 5) is 12.0. The molecule has 4 saturated carbocycles. The Balaban J connectivity index is 1.78. The second-order valence-electron chi connectivity index (χ2n) is 7.50. The maximum absolute atomic E-state index is 14.2. The lowest BCUT2D eigenvalue weighted by atomic mass is 9.54. The van der Waals surface area contributed by atoms with Crippen molar-refractivity contribution in [2.75, 3.05) is 0 Å². The van der Waals surface area contributed by atoms with Crippen LogP contribution < -0.4 is 0 Å². The lowest BCUT2D eigenvalue weighted by Gasteiger charge is -2.55. The van der Waals surface area contributed by atoms with Crippen LogP contribution in [0.2, 0.25) is 0 Å². The average molecular weight is 351 g/mol. The van der Waals surface area contributed by atoms with Gasteiger partial charge >= 0.3 is 11.9 Å². The lowest BCUT2D eigenvalue weighted by molar-refractivity contribution is -0.210. The van der Waals surface area contributed by atoms with Crippen LogP contribution in [0.3, 0.4) is 0 Å². The van der Waals surface area contributed by atoms with Gasteiger partial charge in [0.2, 0.25) is 0 Å². The van der Waals surface area contributed by atoms with Crippen molar-refractivity contribution in [1.29, 1.82) is 0 Å².